The molecule has 12 nitrogen and oxygen atoms in total. The van der Waals surface area contributed by atoms with E-state index >= 15 is 0 Å². The van der Waals surface area contributed by atoms with Crippen molar-refractivity contribution in [3.63, 3.8) is 0 Å². The summed E-state index contributed by atoms with van der Waals surface area (Å²) < 4.78 is 47.6. The average Bonchev–Trinajstić information content (AvgIpc) is 3.21. The van der Waals surface area contributed by atoms with Gasteiger partial charge in [0.05, 0.1) is 0 Å². The number of hydrogen-bond donors (Lipinski definition) is 0. The molecular weight excluding hydrogens is 839 g/mol. The van der Waals surface area contributed by atoms with Gasteiger partial charge in [0, 0.05) is 0 Å². The summed E-state index contributed by atoms with van der Waals surface area (Å²) in [6.45, 7) is 9.18. The molecule has 0 aliphatic heterocycles. The van der Waals surface area contributed by atoms with Crippen LogP contribution in [0.2, 0.25) is 0 Å². The first-order valence-corrected chi connectivity index (χ1v) is 24.2. The predicted molar refractivity (Wildman–Crippen MR) is 215 cm³/mol. The molecule has 0 spiro atoms. The molecule has 304 valence electrons. The molecule has 4 aromatic carbocycles. The van der Waals surface area contributed by atoms with E-state index < -0.39 is 43.9 Å². The fourth-order valence-electron chi connectivity index (χ4n) is 5.15. The van der Waals surface area contributed by atoms with Gasteiger partial charge in [0.1, 0.15) is 0 Å². The SMILES string of the molecule is CCCCOc1ccccc1C(=O)[O][Sn]([O]C(=O)c1ccccc1OCCCC)([O]C(=O)c1ccccc1OCCCC)[O]C(=O)c1ccccc1OCCCC. The summed E-state index contributed by atoms with van der Waals surface area (Å²) in [4.78, 5) is 57.2. The number of para-hydroxylation sites is 4. The van der Waals surface area contributed by atoms with Crippen molar-refractivity contribution >= 4 is 43.9 Å². The molecule has 0 heterocycles. The maximum absolute atomic E-state index is 14.3. The van der Waals surface area contributed by atoms with Gasteiger partial charge in [-0.2, -0.15) is 0 Å². The van der Waals surface area contributed by atoms with Crippen molar-refractivity contribution in [3.8, 4) is 23.0 Å². The molecule has 0 atom stereocenters. The summed E-state index contributed by atoms with van der Waals surface area (Å²) in [6, 6.07) is 25.1. The summed E-state index contributed by atoms with van der Waals surface area (Å²) in [5.74, 6) is -3.79. The van der Waals surface area contributed by atoms with Crippen molar-refractivity contribution in [1.82, 2.24) is 0 Å². The van der Waals surface area contributed by atoms with E-state index in [4.69, 9.17) is 31.2 Å². The van der Waals surface area contributed by atoms with Gasteiger partial charge in [-0.1, -0.05) is 0 Å². The third-order valence-corrected chi connectivity index (χ3v) is 13.3. The Morgan fingerprint density at radius 1 is 0.368 bits per heavy atom. The minimum atomic E-state index is -6.76. The molecule has 13 heteroatoms. The van der Waals surface area contributed by atoms with E-state index in [9.17, 15) is 19.2 Å². The first kappa shape index (κ1) is 44.5. The van der Waals surface area contributed by atoms with Crippen LogP contribution in [-0.2, 0) is 12.3 Å². The summed E-state index contributed by atoms with van der Waals surface area (Å²) in [5, 5.41) is 0. The zero-order valence-electron chi connectivity index (χ0n) is 33.1. The fraction of sp³-hybridized carbons (Fsp3) is 0.364. The van der Waals surface area contributed by atoms with Gasteiger partial charge in [-0.25, -0.2) is 0 Å². The van der Waals surface area contributed by atoms with Crippen molar-refractivity contribution in [1.29, 1.82) is 0 Å². The van der Waals surface area contributed by atoms with Crippen molar-refractivity contribution in [3.05, 3.63) is 119 Å². The van der Waals surface area contributed by atoms with Gasteiger partial charge >= 0.3 is 342 Å². The zero-order valence-corrected chi connectivity index (χ0v) is 36.0. The van der Waals surface area contributed by atoms with Crippen LogP contribution >= 0.6 is 0 Å². The van der Waals surface area contributed by atoms with Crippen LogP contribution in [0.3, 0.4) is 0 Å². The molecular formula is C44H52O12Sn. The number of unbranched alkanes of at least 4 members (excludes halogenated alkanes) is 4. The van der Waals surface area contributed by atoms with Crippen molar-refractivity contribution in [2.75, 3.05) is 26.4 Å². The van der Waals surface area contributed by atoms with Gasteiger partial charge in [-0.05, 0) is 0 Å². The van der Waals surface area contributed by atoms with Gasteiger partial charge in [-0.15, -0.1) is 0 Å². The van der Waals surface area contributed by atoms with E-state index in [1.807, 2.05) is 27.7 Å². The third-order valence-electron chi connectivity index (χ3n) is 8.32. The molecule has 0 amide bonds. The number of ether oxygens (including phenoxy) is 4. The summed E-state index contributed by atoms with van der Waals surface area (Å²) in [6.07, 6.45) is 6.18. The second-order valence-corrected chi connectivity index (χ2v) is 18.0. The molecule has 0 N–H and O–H groups in total. The van der Waals surface area contributed by atoms with E-state index in [-0.39, 0.29) is 45.3 Å². The fourth-order valence-corrected chi connectivity index (χ4v) is 9.71. The number of benzene rings is 4. The van der Waals surface area contributed by atoms with E-state index in [1.165, 1.54) is 24.3 Å². The number of carbonyl (C=O) groups is 4. The molecule has 57 heavy (non-hydrogen) atoms. The molecule has 0 saturated carbocycles. The zero-order chi connectivity index (χ0) is 40.9. The Bertz CT molecular complexity index is 1640. The Labute approximate surface area is 340 Å². The quantitative estimate of drug-likeness (QED) is 0.0489. The van der Waals surface area contributed by atoms with Gasteiger partial charge < -0.3 is 0 Å². The number of carbonyl (C=O) groups excluding carboxylic acids is 4. The van der Waals surface area contributed by atoms with Crippen LogP contribution in [0.4, 0.5) is 0 Å². The molecule has 0 fully saturated rings. The Morgan fingerprint density at radius 3 is 0.789 bits per heavy atom. The van der Waals surface area contributed by atoms with Crippen LogP contribution < -0.4 is 18.9 Å². The molecule has 4 rings (SSSR count). The first-order chi connectivity index (χ1) is 27.8. The topological polar surface area (TPSA) is 142 Å². The molecule has 0 aliphatic carbocycles. The summed E-state index contributed by atoms with van der Waals surface area (Å²) in [5.41, 5.74) is -0.305. The average molecular weight is 892 g/mol. The van der Waals surface area contributed by atoms with Crippen LogP contribution in [0.15, 0.2) is 97.1 Å². The Kier molecular flexibility index (Phi) is 18.5. The Hall–Kier alpha value is -5.24. The van der Waals surface area contributed by atoms with E-state index in [2.05, 4.69) is 0 Å². The monoisotopic (exact) mass is 892 g/mol. The molecule has 0 bridgehead atoms. The van der Waals surface area contributed by atoms with Crippen LogP contribution in [0.5, 0.6) is 23.0 Å². The van der Waals surface area contributed by atoms with Gasteiger partial charge in [0.25, 0.3) is 0 Å². The standard InChI is InChI=1S/4C11H14O3.Sn/c4*1-2-3-8-14-10-7-5-4-6-9(10)11(12)13;/h4*4-7H,2-3,8H2,1H3,(H,12,13);/q;;;;+4/p-4. The van der Waals surface area contributed by atoms with Crippen LogP contribution in [-0.4, -0.2) is 70.3 Å². The molecule has 0 radical (unpaired) electrons. The van der Waals surface area contributed by atoms with E-state index in [0.29, 0.717) is 52.1 Å². The van der Waals surface area contributed by atoms with Crippen LogP contribution in [0, 0.1) is 0 Å². The first-order valence-electron chi connectivity index (χ1n) is 19.6. The number of rotatable bonds is 24. The van der Waals surface area contributed by atoms with Gasteiger partial charge in [-0.3, -0.25) is 0 Å². The second kappa shape index (κ2) is 23.7. The summed E-state index contributed by atoms with van der Waals surface area (Å²) >= 11 is -6.76. The minimum absolute atomic E-state index is 0.0762. The predicted octanol–water partition coefficient (Wildman–Crippen LogP) is 9.57. The summed E-state index contributed by atoms with van der Waals surface area (Å²) in [7, 11) is 0. The van der Waals surface area contributed by atoms with Crippen molar-refractivity contribution < 1.29 is 50.4 Å². The van der Waals surface area contributed by atoms with E-state index in [0.717, 1.165) is 25.7 Å². The molecule has 0 aromatic heterocycles. The van der Waals surface area contributed by atoms with Gasteiger partial charge in [0.2, 0.25) is 0 Å². The molecule has 4 aromatic rings. The van der Waals surface area contributed by atoms with E-state index in [1.54, 1.807) is 72.8 Å². The molecule has 0 unspecified atom stereocenters. The Morgan fingerprint density at radius 2 is 0.579 bits per heavy atom. The second-order valence-electron chi connectivity index (χ2n) is 12.9. The maximum atomic E-state index is 14.3. The normalized spacial score (nSPS) is 10.9. The molecule has 0 saturated heterocycles. The number of hydrogen-bond acceptors (Lipinski definition) is 12. The third kappa shape index (κ3) is 13.4. The van der Waals surface area contributed by atoms with Crippen molar-refractivity contribution in [2.24, 2.45) is 0 Å². The Balaban J connectivity index is 1.87. The van der Waals surface area contributed by atoms with Gasteiger partial charge in [0.15, 0.2) is 0 Å². The van der Waals surface area contributed by atoms with Crippen LogP contribution in [0.25, 0.3) is 0 Å². The van der Waals surface area contributed by atoms with Crippen molar-refractivity contribution in [2.45, 2.75) is 79.1 Å². The van der Waals surface area contributed by atoms with Crippen LogP contribution in [0.1, 0.15) is 120 Å². The molecule has 0 aliphatic rings.